The highest BCUT2D eigenvalue weighted by Crippen LogP contribution is 2.40. The smallest absolute Gasteiger partial charge is 0.259 e. The van der Waals surface area contributed by atoms with Gasteiger partial charge in [-0.1, -0.05) is 0 Å². The molecule has 0 radical (unpaired) electrons. The lowest BCUT2D eigenvalue weighted by Crippen LogP contribution is -2.26. The standard InChI is InChI=1S/C20H22N2O4/c1-13-17-12-21(24)10-9-16(17)20(23)22(13)14-7-8-18(25-2)19(11-14)26-15-5-3-4-6-15/h7-13,15H,3-6H2,1-2H3. The van der Waals surface area contributed by atoms with Crippen LogP contribution in [0.5, 0.6) is 11.5 Å². The molecule has 2 aliphatic rings. The number of ether oxygens (including phenoxy) is 2. The van der Waals surface area contributed by atoms with Crippen molar-refractivity contribution in [3.8, 4) is 11.5 Å². The van der Waals surface area contributed by atoms with Crippen molar-refractivity contribution in [3.05, 3.63) is 53.0 Å². The fourth-order valence-electron chi connectivity index (χ4n) is 3.90. The van der Waals surface area contributed by atoms with Gasteiger partial charge in [-0.3, -0.25) is 4.79 Å². The van der Waals surface area contributed by atoms with E-state index in [0.29, 0.717) is 17.1 Å². The average Bonchev–Trinajstić information content (AvgIpc) is 3.22. The number of anilines is 1. The Bertz CT molecular complexity index is 846. The molecule has 1 amide bonds. The Hall–Kier alpha value is -2.76. The Kier molecular flexibility index (Phi) is 4.18. The molecule has 0 saturated heterocycles. The molecule has 0 spiro atoms. The third-order valence-electron chi connectivity index (χ3n) is 5.27. The minimum absolute atomic E-state index is 0.106. The van der Waals surface area contributed by atoms with E-state index in [-0.39, 0.29) is 18.1 Å². The minimum atomic E-state index is -0.216. The molecule has 136 valence electrons. The van der Waals surface area contributed by atoms with Gasteiger partial charge in [-0.25, -0.2) is 0 Å². The van der Waals surface area contributed by atoms with E-state index in [1.165, 1.54) is 25.2 Å². The van der Waals surface area contributed by atoms with Gasteiger partial charge in [0.05, 0.1) is 30.4 Å². The van der Waals surface area contributed by atoms with Gasteiger partial charge in [0.1, 0.15) is 0 Å². The van der Waals surface area contributed by atoms with Crippen molar-refractivity contribution in [2.45, 2.75) is 44.8 Å². The van der Waals surface area contributed by atoms with Crippen LogP contribution >= 0.6 is 0 Å². The summed E-state index contributed by atoms with van der Waals surface area (Å²) in [5, 5.41) is 11.6. The Morgan fingerprint density at radius 2 is 1.96 bits per heavy atom. The van der Waals surface area contributed by atoms with Gasteiger partial charge in [0.15, 0.2) is 23.9 Å². The molecule has 1 aromatic carbocycles. The molecule has 1 aliphatic carbocycles. The molecule has 1 atom stereocenters. The molecule has 1 aromatic heterocycles. The van der Waals surface area contributed by atoms with Crippen molar-refractivity contribution in [2.24, 2.45) is 0 Å². The molecule has 1 saturated carbocycles. The number of aromatic nitrogens is 1. The lowest BCUT2D eigenvalue weighted by Gasteiger charge is -2.24. The zero-order chi connectivity index (χ0) is 18.3. The molecular weight excluding hydrogens is 332 g/mol. The molecular formula is C20H22N2O4. The quantitative estimate of drug-likeness (QED) is 0.624. The van der Waals surface area contributed by atoms with Crippen LogP contribution in [0.2, 0.25) is 0 Å². The normalized spacial score (nSPS) is 19.7. The van der Waals surface area contributed by atoms with Crippen LogP contribution in [0.25, 0.3) is 0 Å². The maximum absolute atomic E-state index is 12.9. The van der Waals surface area contributed by atoms with E-state index < -0.39 is 0 Å². The van der Waals surface area contributed by atoms with Crippen molar-refractivity contribution in [2.75, 3.05) is 12.0 Å². The van der Waals surface area contributed by atoms with E-state index in [1.54, 1.807) is 18.1 Å². The van der Waals surface area contributed by atoms with E-state index in [9.17, 15) is 10.0 Å². The first kappa shape index (κ1) is 16.7. The van der Waals surface area contributed by atoms with Gasteiger partial charge in [0, 0.05) is 17.8 Å². The highest BCUT2D eigenvalue weighted by molar-refractivity contribution is 6.10. The van der Waals surface area contributed by atoms with Crippen molar-refractivity contribution in [3.63, 3.8) is 0 Å². The van der Waals surface area contributed by atoms with Crippen molar-refractivity contribution in [1.82, 2.24) is 0 Å². The maximum Gasteiger partial charge on any atom is 0.259 e. The molecule has 26 heavy (non-hydrogen) atoms. The number of benzene rings is 1. The van der Waals surface area contributed by atoms with Crippen LogP contribution in [0.4, 0.5) is 5.69 Å². The highest BCUT2D eigenvalue weighted by Gasteiger charge is 2.37. The third kappa shape index (κ3) is 2.75. The van der Waals surface area contributed by atoms with Crippen LogP contribution in [0, 0.1) is 5.21 Å². The molecule has 0 N–H and O–H groups in total. The van der Waals surface area contributed by atoms with Gasteiger partial charge in [0.25, 0.3) is 5.91 Å². The van der Waals surface area contributed by atoms with Gasteiger partial charge in [0.2, 0.25) is 0 Å². The number of methoxy groups -OCH3 is 1. The largest absolute Gasteiger partial charge is 0.619 e. The predicted octanol–water partition coefficient (Wildman–Crippen LogP) is 3.37. The molecule has 1 unspecified atom stereocenters. The number of pyridine rings is 1. The summed E-state index contributed by atoms with van der Waals surface area (Å²) < 4.78 is 12.3. The van der Waals surface area contributed by atoms with E-state index >= 15 is 0 Å². The molecule has 1 aliphatic heterocycles. The van der Waals surface area contributed by atoms with Crippen molar-refractivity contribution < 1.29 is 19.0 Å². The summed E-state index contributed by atoms with van der Waals surface area (Å²) in [4.78, 5) is 14.6. The molecule has 0 bridgehead atoms. The Labute approximate surface area is 152 Å². The predicted molar refractivity (Wildman–Crippen MR) is 96.5 cm³/mol. The topological polar surface area (TPSA) is 65.7 Å². The Morgan fingerprint density at radius 1 is 1.19 bits per heavy atom. The van der Waals surface area contributed by atoms with E-state index in [0.717, 1.165) is 28.8 Å². The number of hydrogen-bond donors (Lipinski definition) is 0. The molecule has 1 fully saturated rings. The van der Waals surface area contributed by atoms with Gasteiger partial charge in [-0.05, 0) is 44.7 Å². The third-order valence-corrected chi connectivity index (χ3v) is 5.27. The summed E-state index contributed by atoms with van der Waals surface area (Å²) in [6.07, 6.45) is 7.47. The number of fused-ring (bicyclic) bond motifs is 1. The molecule has 2 heterocycles. The zero-order valence-electron chi connectivity index (χ0n) is 15.0. The first-order valence-corrected chi connectivity index (χ1v) is 8.99. The first-order chi connectivity index (χ1) is 12.6. The van der Waals surface area contributed by atoms with Crippen LogP contribution in [0.1, 0.15) is 54.6 Å². The number of rotatable bonds is 4. The van der Waals surface area contributed by atoms with Gasteiger partial charge >= 0.3 is 0 Å². The summed E-state index contributed by atoms with van der Waals surface area (Å²) in [6.45, 7) is 1.92. The highest BCUT2D eigenvalue weighted by atomic mass is 16.5. The lowest BCUT2D eigenvalue weighted by atomic mass is 10.1. The van der Waals surface area contributed by atoms with Crippen LogP contribution in [-0.2, 0) is 0 Å². The van der Waals surface area contributed by atoms with Gasteiger partial charge in [-0.15, -0.1) is 0 Å². The molecule has 4 rings (SSSR count). The molecule has 2 aromatic rings. The van der Waals surface area contributed by atoms with Crippen molar-refractivity contribution in [1.29, 1.82) is 0 Å². The molecule has 6 nitrogen and oxygen atoms in total. The van der Waals surface area contributed by atoms with Crippen LogP contribution in [-0.4, -0.2) is 19.1 Å². The Balaban J connectivity index is 1.68. The average molecular weight is 354 g/mol. The monoisotopic (exact) mass is 354 g/mol. The van der Waals surface area contributed by atoms with Crippen LogP contribution < -0.4 is 19.1 Å². The second-order valence-corrected chi connectivity index (χ2v) is 6.88. The fraction of sp³-hybridized carbons (Fsp3) is 0.400. The fourth-order valence-corrected chi connectivity index (χ4v) is 3.90. The number of hydrogen-bond acceptors (Lipinski definition) is 4. The summed E-state index contributed by atoms with van der Waals surface area (Å²) in [7, 11) is 1.61. The van der Waals surface area contributed by atoms with Crippen LogP contribution in [0.15, 0.2) is 36.7 Å². The number of carbonyl (C=O) groups excluding carboxylic acids is 1. The first-order valence-electron chi connectivity index (χ1n) is 8.99. The minimum Gasteiger partial charge on any atom is -0.619 e. The van der Waals surface area contributed by atoms with Crippen LogP contribution in [0.3, 0.4) is 0 Å². The van der Waals surface area contributed by atoms with Gasteiger partial charge < -0.3 is 19.6 Å². The van der Waals surface area contributed by atoms with E-state index in [4.69, 9.17) is 9.47 Å². The second kappa shape index (κ2) is 6.52. The summed E-state index contributed by atoms with van der Waals surface area (Å²) in [6, 6.07) is 6.91. The summed E-state index contributed by atoms with van der Waals surface area (Å²) in [5.41, 5.74) is 2.05. The number of nitrogens with zero attached hydrogens (tertiary/aromatic N) is 2. The number of amides is 1. The SMILES string of the molecule is COc1ccc(N2C(=O)c3cc[n+]([O-])cc3C2C)cc1OC1CCCC1. The van der Waals surface area contributed by atoms with Gasteiger partial charge in [-0.2, -0.15) is 4.73 Å². The van der Waals surface area contributed by atoms with Crippen molar-refractivity contribution >= 4 is 11.6 Å². The maximum atomic E-state index is 12.9. The molecule has 6 heteroatoms. The van der Waals surface area contributed by atoms with E-state index in [2.05, 4.69) is 0 Å². The zero-order valence-corrected chi connectivity index (χ0v) is 15.0. The summed E-state index contributed by atoms with van der Waals surface area (Å²) in [5.74, 6) is 1.21. The van der Waals surface area contributed by atoms with E-state index in [1.807, 2.05) is 25.1 Å². The lowest BCUT2D eigenvalue weighted by molar-refractivity contribution is -0.605. The Morgan fingerprint density at radius 3 is 2.69 bits per heavy atom. The second-order valence-electron chi connectivity index (χ2n) is 6.88. The summed E-state index contributed by atoms with van der Waals surface area (Å²) >= 11 is 0. The number of carbonyl (C=O) groups is 1.